The lowest BCUT2D eigenvalue weighted by Crippen LogP contribution is -2.65. The van der Waals surface area contributed by atoms with E-state index in [1.165, 1.54) is 16.7 Å². The normalized spacial score (nSPS) is 22.6. The molecule has 3 fully saturated rings. The molecule has 37 heavy (non-hydrogen) atoms. The number of amides is 1. The van der Waals surface area contributed by atoms with Gasteiger partial charge in [-0.05, 0) is 66.6 Å². The molecule has 0 spiro atoms. The Labute approximate surface area is 220 Å². The van der Waals surface area contributed by atoms with Gasteiger partial charge in [-0.3, -0.25) is 9.69 Å². The van der Waals surface area contributed by atoms with Crippen molar-refractivity contribution in [2.75, 3.05) is 13.1 Å². The molecule has 0 unspecified atom stereocenters. The maximum Gasteiger partial charge on any atom is 0.251 e. The smallest absolute Gasteiger partial charge is 0.251 e. The third-order valence-electron chi connectivity index (χ3n) is 8.33. The van der Waals surface area contributed by atoms with Crippen molar-refractivity contribution in [1.82, 2.24) is 10.2 Å². The van der Waals surface area contributed by atoms with Crippen LogP contribution in [0.15, 0.2) is 115 Å². The van der Waals surface area contributed by atoms with Crippen molar-refractivity contribution in [2.24, 2.45) is 5.92 Å². The summed E-state index contributed by atoms with van der Waals surface area (Å²) in [6, 6.07) is 40.5. The molecule has 3 saturated heterocycles. The van der Waals surface area contributed by atoms with Crippen LogP contribution >= 0.6 is 0 Å². The van der Waals surface area contributed by atoms with Gasteiger partial charge in [0.15, 0.2) is 0 Å². The zero-order valence-corrected chi connectivity index (χ0v) is 21.2. The van der Waals surface area contributed by atoms with E-state index in [4.69, 9.17) is 0 Å². The van der Waals surface area contributed by atoms with Crippen LogP contribution in [0.1, 0.15) is 51.4 Å². The van der Waals surface area contributed by atoms with Crippen LogP contribution in [0.3, 0.4) is 0 Å². The number of hydrogen-bond donors (Lipinski definition) is 1. The van der Waals surface area contributed by atoms with Crippen molar-refractivity contribution in [3.63, 3.8) is 0 Å². The molecule has 3 nitrogen and oxygen atoms in total. The quantitative estimate of drug-likeness (QED) is 0.332. The van der Waals surface area contributed by atoms with Crippen LogP contribution in [-0.2, 0) is 6.42 Å². The van der Waals surface area contributed by atoms with Crippen LogP contribution in [0, 0.1) is 5.92 Å². The third-order valence-corrected chi connectivity index (χ3v) is 8.33. The molecule has 7 rings (SSSR count). The molecule has 4 aromatic rings. The van der Waals surface area contributed by atoms with Crippen molar-refractivity contribution in [2.45, 2.75) is 37.3 Å². The SMILES string of the molecule is O=C(N[C@@H]1C2CCN(CC2)[C@H]1C(c1ccccc1)c1ccccc1)c1ccccc1Cc1ccccc1. The number of nitrogens with one attached hydrogen (secondary N) is 1. The minimum atomic E-state index is 0.0511. The summed E-state index contributed by atoms with van der Waals surface area (Å²) in [5.74, 6) is 0.751. The number of nitrogens with zero attached hydrogens (tertiary/aromatic N) is 1. The standard InChI is InChI=1S/C34H34N2O/c37-34(30-19-11-10-18-29(30)24-25-12-4-1-5-13-25)35-32-28-20-22-36(23-21-28)33(32)31(26-14-6-2-7-15-26)27-16-8-3-9-17-27/h1-19,28,31-33H,20-24H2,(H,35,37)/t32-,33+/m1/s1. The van der Waals surface area contributed by atoms with Crippen molar-refractivity contribution < 1.29 is 4.79 Å². The van der Waals surface area contributed by atoms with Gasteiger partial charge in [0.1, 0.15) is 0 Å². The van der Waals surface area contributed by atoms with E-state index in [-0.39, 0.29) is 23.9 Å². The third kappa shape index (κ3) is 4.97. The number of fused-ring (bicyclic) bond motifs is 3. The van der Waals surface area contributed by atoms with Crippen LogP contribution in [0.4, 0.5) is 0 Å². The van der Waals surface area contributed by atoms with Gasteiger partial charge in [0.2, 0.25) is 0 Å². The predicted octanol–water partition coefficient (Wildman–Crippen LogP) is 6.30. The Bertz CT molecular complexity index is 1270. The molecule has 1 N–H and O–H groups in total. The first kappa shape index (κ1) is 23.7. The molecule has 0 aliphatic carbocycles. The summed E-state index contributed by atoms with van der Waals surface area (Å²) in [6.45, 7) is 2.20. The summed E-state index contributed by atoms with van der Waals surface area (Å²) < 4.78 is 0. The fourth-order valence-electron chi connectivity index (χ4n) is 6.55. The Morgan fingerprint density at radius 1 is 0.730 bits per heavy atom. The van der Waals surface area contributed by atoms with Crippen molar-refractivity contribution in [3.8, 4) is 0 Å². The molecule has 3 aliphatic rings. The Hall–Kier alpha value is -3.69. The maximum atomic E-state index is 13.9. The lowest BCUT2D eigenvalue weighted by molar-refractivity contribution is 0.00615. The van der Waals surface area contributed by atoms with Gasteiger partial charge in [0.25, 0.3) is 5.91 Å². The molecule has 0 saturated carbocycles. The summed E-state index contributed by atoms with van der Waals surface area (Å²) in [6.07, 6.45) is 3.04. The van der Waals surface area contributed by atoms with Crippen molar-refractivity contribution >= 4 is 5.91 Å². The highest BCUT2D eigenvalue weighted by molar-refractivity contribution is 5.96. The Kier molecular flexibility index (Phi) is 6.88. The molecule has 3 heterocycles. The fraction of sp³-hybridized carbons (Fsp3) is 0.265. The number of carbonyl (C=O) groups excluding carboxylic acids is 1. The summed E-state index contributed by atoms with van der Waals surface area (Å²) in [7, 11) is 0. The van der Waals surface area contributed by atoms with Gasteiger partial charge in [-0.1, -0.05) is 109 Å². The van der Waals surface area contributed by atoms with E-state index in [1.807, 2.05) is 24.3 Å². The summed E-state index contributed by atoms with van der Waals surface area (Å²) >= 11 is 0. The largest absolute Gasteiger partial charge is 0.347 e. The molecule has 2 bridgehead atoms. The van der Waals surface area contributed by atoms with Crippen molar-refractivity contribution in [3.05, 3.63) is 143 Å². The average molecular weight is 487 g/mol. The Morgan fingerprint density at radius 3 is 1.89 bits per heavy atom. The van der Waals surface area contributed by atoms with E-state index >= 15 is 0 Å². The van der Waals surface area contributed by atoms with Gasteiger partial charge in [-0.15, -0.1) is 0 Å². The lowest BCUT2D eigenvalue weighted by Gasteiger charge is -2.54. The fourth-order valence-corrected chi connectivity index (χ4v) is 6.55. The Morgan fingerprint density at radius 2 is 1.27 bits per heavy atom. The van der Waals surface area contributed by atoms with E-state index in [2.05, 4.69) is 101 Å². The topological polar surface area (TPSA) is 32.3 Å². The van der Waals surface area contributed by atoms with Crippen molar-refractivity contribution in [1.29, 1.82) is 0 Å². The molecule has 3 heteroatoms. The van der Waals surface area contributed by atoms with Gasteiger partial charge in [0, 0.05) is 23.6 Å². The molecule has 3 aliphatic heterocycles. The molecular formula is C34H34N2O. The van der Waals surface area contributed by atoms with Crippen LogP contribution < -0.4 is 5.32 Å². The molecule has 186 valence electrons. The number of benzene rings is 4. The first-order valence-corrected chi connectivity index (χ1v) is 13.5. The highest BCUT2D eigenvalue weighted by Gasteiger charge is 2.47. The average Bonchev–Trinajstić information content (AvgIpc) is 2.97. The molecule has 2 atom stereocenters. The summed E-state index contributed by atoms with van der Waals surface area (Å²) in [5, 5.41) is 3.58. The van der Waals surface area contributed by atoms with E-state index in [9.17, 15) is 4.79 Å². The maximum absolute atomic E-state index is 13.9. The van der Waals surface area contributed by atoms with Crippen LogP contribution in [-0.4, -0.2) is 36.0 Å². The van der Waals surface area contributed by atoms with Gasteiger partial charge in [0.05, 0.1) is 0 Å². The van der Waals surface area contributed by atoms with E-state index in [1.54, 1.807) is 0 Å². The second kappa shape index (κ2) is 10.7. The first-order chi connectivity index (χ1) is 18.3. The summed E-state index contributed by atoms with van der Waals surface area (Å²) in [4.78, 5) is 16.5. The molecular weight excluding hydrogens is 452 g/mol. The van der Waals surface area contributed by atoms with Crippen LogP contribution in [0.2, 0.25) is 0 Å². The minimum Gasteiger partial charge on any atom is -0.347 e. The minimum absolute atomic E-state index is 0.0511. The zero-order valence-electron chi connectivity index (χ0n) is 21.2. The number of carbonyl (C=O) groups is 1. The second-order valence-corrected chi connectivity index (χ2v) is 10.5. The lowest BCUT2D eigenvalue weighted by atomic mass is 9.70. The number of rotatable bonds is 7. The van der Waals surface area contributed by atoms with Crippen LogP contribution in [0.25, 0.3) is 0 Å². The summed E-state index contributed by atoms with van der Waals surface area (Å²) in [5.41, 5.74) is 5.71. The zero-order chi connectivity index (χ0) is 25.0. The van der Waals surface area contributed by atoms with E-state index < -0.39 is 0 Å². The van der Waals surface area contributed by atoms with Gasteiger partial charge >= 0.3 is 0 Å². The Balaban J connectivity index is 1.34. The molecule has 0 radical (unpaired) electrons. The monoisotopic (exact) mass is 486 g/mol. The molecule has 0 aromatic heterocycles. The first-order valence-electron chi connectivity index (χ1n) is 13.5. The molecule has 4 aromatic carbocycles. The number of piperidine rings is 3. The van der Waals surface area contributed by atoms with Crippen LogP contribution in [0.5, 0.6) is 0 Å². The highest BCUT2D eigenvalue weighted by Crippen LogP contribution is 2.42. The van der Waals surface area contributed by atoms with Gasteiger partial charge < -0.3 is 5.32 Å². The predicted molar refractivity (Wildman–Crippen MR) is 150 cm³/mol. The number of hydrogen-bond acceptors (Lipinski definition) is 2. The highest BCUT2D eigenvalue weighted by atomic mass is 16.1. The van der Waals surface area contributed by atoms with E-state index in [0.717, 1.165) is 43.5 Å². The molecule has 1 amide bonds. The van der Waals surface area contributed by atoms with Gasteiger partial charge in [-0.25, -0.2) is 0 Å². The van der Waals surface area contributed by atoms with Gasteiger partial charge in [-0.2, -0.15) is 0 Å². The second-order valence-electron chi connectivity index (χ2n) is 10.5. The van der Waals surface area contributed by atoms with E-state index in [0.29, 0.717) is 5.92 Å².